The van der Waals surface area contributed by atoms with Crippen LogP contribution < -0.4 is 5.56 Å². The predicted molar refractivity (Wildman–Crippen MR) is 102 cm³/mol. The van der Waals surface area contributed by atoms with Gasteiger partial charge in [-0.15, -0.1) is 0 Å². The first-order chi connectivity index (χ1) is 11.9. The summed E-state index contributed by atoms with van der Waals surface area (Å²) in [5.41, 5.74) is 0.969. The number of sulfone groups is 1. The Kier molecular flexibility index (Phi) is 4.71. The number of rotatable bonds is 4. The molecule has 130 valence electrons. The highest BCUT2D eigenvalue weighted by Gasteiger charge is 2.27. The van der Waals surface area contributed by atoms with Crippen LogP contribution in [0.25, 0.3) is 10.9 Å². The van der Waals surface area contributed by atoms with E-state index in [1.807, 2.05) is 13.8 Å². The molecular weight excluding hydrogens is 404 g/mol. The van der Waals surface area contributed by atoms with Gasteiger partial charge in [0.2, 0.25) is 9.84 Å². The number of H-pyrrole nitrogens is 1. The minimum Gasteiger partial charge on any atom is -0.357 e. The summed E-state index contributed by atoms with van der Waals surface area (Å²) in [5, 5.41) is 0.513. The van der Waals surface area contributed by atoms with Crippen LogP contribution in [-0.4, -0.2) is 18.0 Å². The van der Waals surface area contributed by atoms with Crippen LogP contribution in [0.3, 0.4) is 0 Å². The maximum atomic E-state index is 13.2. The SMILES string of the molecule is C/C=C/Cn1c(S(=O)(=O)c2ccc(C)cc2)c(Br)c2cc[nH]c2c1=O. The number of aromatic nitrogens is 2. The average Bonchev–Trinajstić information content (AvgIpc) is 3.07. The van der Waals surface area contributed by atoms with Crippen LogP contribution in [0, 0.1) is 6.92 Å². The lowest BCUT2D eigenvalue weighted by Crippen LogP contribution is -2.26. The first-order valence-electron chi connectivity index (χ1n) is 7.70. The topological polar surface area (TPSA) is 71.9 Å². The number of hydrogen-bond donors (Lipinski definition) is 1. The van der Waals surface area contributed by atoms with Crippen LogP contribution in [0.5, 0.6) is 0 Å². The zero-order chi connectivity index (χ0) is 18.2. The quantitative estimate of drug-likeness (QED) is 0.652. The number of nitrogens with one attached hydrogen (secondary N) is 1. The third-order valence-corrected chi connectivity index (χ3v) is 6.88. The van der Waals surface area contributed by atoms with Gasteiger partial charge in [0.05, 0.1) is 9.37 Å². The number of aromatic amines is 1. The lowest BCUT2D eigenvalue weighted by Gasteiger charge is -2.15. The number of benzene rings is 1. The molecule has 0 aliphatic rings. The predicted octanol–water partition coefficient (Wildman–Crippen LogP) is 3.81. The molecule has 1 aromatic carbocycles. The Balaban J connectivity index is 2.39. The van der Waals surface area contributed by atoms with Crippen LogP contribution in [0.15, 0.2) is 67.9 Å². The van der Waals surface area contributed by atoms with Gasteiger partial charge in [0, 0.05) is 18.1 Å². The molecule has 1 N–H and O–H groups in total. The van der Waals surface area contributed by atoms with E-state index in [9.17, 15) is 13.2 Å². The number of halogens is 1. The third-order valence-electron chi connectivity index (χ3n) is 3.98. The average molecular weight is 421 g/mol. The van der Waals surface area contributed by atoms with Crippen molar-refractivity contribution >= 4 is 36.7 Å². The van der Waals surface area contributed by atoms with Crippen molar-refractivity contribution < 1.29 is 8.42 Å². The van der Waals surface area contributed by atoms with Crippen LogP contribution in [0.1, 0.15) is 12.5 Å². The largest absolute Gasteiger partial charge is 0.357 e. The van der Waals surface area contributed by atoms with Crippen molar-refractivity contribution in [2.45, 2.75) is 30.3 Å². The summed E-state index contributed by atoms with van der Waals surface area (Å²) in [6.07, 6.45) is 5.15. The van der Waals surface area contributed by atoms with Crippen LogP contribution in [0.2, 0.25) is 0 Å². The molecular formula is C18H17BrN2O3S. The molecule has 0 fully saturated rings. The zero-order valence-corrected chi connectivity index (χ0v) is 16.2. The molecule has 2 heterocycles. The van der Waals surface area contributed by atoms with E-state index >= 15 is 0 Å². The fourth-order valence-corrected chi connectivity index (χ4v) is 5.35. The van der Waals surface area contributed by atoms with Crippen LogP contribution >= 0.6 is 15.9 Å². The number of fused-ring (bicyclic) bond motifs is 1. The standard InChI is InChI=1S/C18H17BrN2O3S/c1-3-4-11-21-17(22)16-14(9-10-20-16)15(19)18(21)25(23,24)13-7-5-12(2)6-8-13/h3-10,20H,11H2,1-2H3/b4-3+. The van der Waals surface area contributed by atoms with Crippen molar-refractivity contribution in [3.8, 4) is 0 Å². The molecule has 3 rings (SSSR count). The van der Waals surface area contributed by atoms with Crippen LogP contribution in [0.4, 0.5) is 0 Å². The van der Waals surface area contributed by atoms with E-state index in [2.05, 4.69) is 20.9 Å². The van der Waals surface area contributed by atoms with Crippen molar-refractivity contribution in [2.75, 3.05) is 0 Å². The van der Waals surface area contributed by atoms with Crippen molar-refractivity contribution in [1.29, 1.82) is 0 Å². The highest BCUT2D eigenvalue weighted by Crippen LogP contribution is 2.32. The smallest absolute Gasteiger partial charge is 0.276 e. The Labute approximate surface area is 154 Å². The van der Waals surface area contributed by atoms with E-state index in [1.54, 1.807) is 48.7 Å². The lowest BCUT2D eigenvalue weighted by atomic mass is 10.2. The maximum Gasteiger partial charge on any atom is 0.276 e. The van der Waals surface area contributed by atoms with E-state index in [0.29, 0.717) is 15.4 Å². The maximum absolute atomic E-state index is 13.2. The normalized spacial score (nSPS) is 12.3. The number of allylic oxidation sites excluding steroid dienone is 2. The minimum atomic E-state index is -3.87. The summed E-state index contributed by atoms with van der Waals surface area (Å²) in [5.74, 6) is 0. The summed E-state index contributed by atoms with van der Waals surface area (Å²) in [7, 11) is -3.87. The van der Waals surface area contributed by atoms with E-state index in [-0.39, 0.29) is 22.0 Å². The third kappa shape index (κ3) is 2.98. The zero-order valence-electron chi connectivity index (χ0n) is 13.8. The molecule has 0 atom stereocenters. The minimum absolute atomic E-state index is 0.0356. The molecule has 2 aromatic heterocycles. The van der Waals surface area contributed by atoms with Crippen LogP contribution in [-0.2, 0) is 16.4 Å². The van der Waals surface area contributed by atoms with Gasteiger partial charge in [-0.2, -0.15) is 0 Å². The molecule has 0 saturated heterocycles. The van der Waals surface area contributed by atoms with Gasteiger partial charge in [0.25, 0.3) is 5.56 Å². The number of aryl methyl sites for hydroxylation is 1. The fraction of sp³-hybridized carbons (Fsp3) is 0.167. The summed E-state index contributed by atoms with van der Waals surface area (Å²) < 4.78 is 28.1. The van der Waals surface area contributed by atoms with E-state index in [0.717, 1.165) is 5.56 Å². The summed E-state index contributed by atoms with van der Waals surface area (Å²) >= 11 is 3.40. The van der Waals surface area contributed by atoms with Gasteiger partial charge in [-0.1, -0.05) is 29.8 Å². The molecule has 3 aromatic rings. The Morgan fingerprint density at radius 2 is 1.88 bits per heavy atom. The molecule has 0 unspecified atom stereocenters. The molecule has 5 nitrogen and oxygen atoms in total. The summed E-state index contributed by atoms with van der Waals surface area (Å²) in [6.45, 7) is 3.88. The Morgan fingerprint density at radius 3 is 2.52 bits per heavy atom. The molecule has 0 amide bonds. The second-order valence-electron chi connectivity index (χ2n) is 5.69. The fourth-order valence-electron chi connectivity index (χ4n) is 2.66. The number of nitrogens with zero attached hydrogens (tertiary/aromatic N) is 1. The first-order valence-corrected chi connectivity index (χ1v) is 9.98. The molecule has 0 aliphatic carbocycles. The number of hydrogen-bond acceptors (Lipinski definition) is 3. The Morgan fingerprint density at radius 1 is 1.20 bits per heavy atom. The van der Waals surface area contributed by atoms with Gasteiger partial charge in [-0.25, -0.2) is 8.42 Å². The van der Waals surface area contributed by atoms with E-state index in [1.165, 1.54) is 4.57 Å². The molecule has 0 spiro atoms. The molecule has 7 heteroatoms. The highest BCUT2D eigenvalue weighted by molar-refractivity contribution is 9.10. The number of pyridine rings is 1. The molecule has 0 radical (unpaired) electrons. The second-order valence-corrected chi connectivity index (χ2v) is 8.34. The van der Waals surface area contributed by atoms with Crippen molar-refractivity contribution in [2.24, 2.45) is 0 Å². The van der Waals surface area contributed by atoms with Gasteiger partial charge in [0.15, 0.2) is 5.03 Å². The monoisotopic (exact) mass is 420 g/mol. The van der Waals surface area contributed by atoms with E-state index in [4.69, 9.17) is 0 Å². The molecule has 0 bridgehead atoms. The van der Waals surface area contributed by atoms with Gasteiger partial charge in [-0.3, -0.25) is 9.36 Å². The Bertz CT molecular complexity index is 1120. The van der Waals surface area contributed by atoms with Crippen molar-refractivity contribution in [3.63, 3.8) is 0 Å². The highest BCUT2D eigenvalue weighted by atomic mass is 79.9. The lowest BCUT2D eigenvalue weighted by molar-refractivity contribution is 0.575. The first kappa shape index (κ1) is 17.7. The summed E-state index contributed by atoms with van der Waals surface area (Å²) in [4.78, 5) is 15.9. The summed E-state index contributed by atoms with van der Waals surface area (Å²) in [6, 6.07) is 8.29. The van der Waals surface area contributed by atoms with Gasteiger partial charge in [-0.05, 0) is 48.0 Å². The van der Waals surface area contributed by atoms with Gasteiger partial charge in [0.1, 0.15) is 5.52 Å². The molecule has 0 aliphatic heterocycles. The van der Waals surface area contributed by atoms with Crippen molar-refractivity contribution in [3.05, 3.63) is 69.1 Å². The molecule has 0 saturated carbocycles. The van der Waals surface area contributed by atoms with E-state index < -0.39 is 9.84 Å². The second kappa shape index (κ2) is 6.65. The Hall–Kier alpha value is -2.12. The van der Waals surface area contributed by atoms with Gasteiger partial charge >= 0.3 is 0 Å². The molecule has 25 heavy (non-hydrogen) atoms. The van der Waals surface area contributed by atoms with Crippen molar-refractivity contribution in [1.82, 2.24) is 9.55 Å². The van der Waals surface area contributed by atoms with Gasteiger partial charge < -0.3 is 4.98 Å².